The fourth-order valence-corrected chi connectivity index (χ4v) is 3.57. The van der Waals surface area contributed by atoms with Crippen LogP contribution >= 0.6 is 0 Å². The van der Waals surface area contributed by atoms with Crippen molar-refractivity contribution in [2.24, 2.45) is 0 Å². The van der Waals surface area contributed by atoms with E-state index in [9.17, 15) is 13.6 Å². The zero-order valence-electron chi connectivity index (χ0n) is 18.1. The number of halogens is 2. The number of unbranched alkanes of at least 4 members (excludes halogenated alkanes) is 4. The summed E-state index contributed by atoms with van der Waals surface area (Å²) in [6.07, 6.45) is 7.00. The Morgan fingerprint density at radius 1 is 1.03 bits per heavy atom. The third-order valence-electron chi connectivity index (χ3n) is 5.48. The molecule has 2 aromatic carbocycles. The molecule has 1 aliphatic rings. The van der Waals surface area contributed by atoms with E-state index in [0.29, 0.717) is 13.2 Å². The van der Waals surface area contributed by atoms with Crippen LogP contribution < -0.4 is 4.74 Å². The number of esters is 1. The van der Waals surface area contributed by atoms with Crippen LogP contribution in [0.5, 0.6) is 5.75 Å². The molecule has 1 aliphatic heterocycles. The maximum Gasteiger partial charge on any atom is 0.343 e. The summed E-state index contributed by atoms with van der Waals surface area (Å²) >= 11 is 0. The number of nitriles is 1. The fraction of sp³-hybridized carbons (Fsp3) is 0.440. The van der Waals surface area contributed by atoms with Gasteiger partial charge in [0, 0.05) is 0 Å². The van der Waals surface area contributed by atoms with Gasteiger partial charge in [-0.2, -0.15) is 9.65 Å². The van der Waals surface area contributed by atoms with Crippen LogP contribution in [-0.2, 0) is 9.47 Å². The number of nitrogens with zero attached hydrogens (tertiary/aromatic N) is 1. The number of carbonyl (C=O) groups excluding carboxylic acids is 1. The van der Waals surface area contributed by atoms with E-state index in [1.54, 1.807) is 24.3 Å². The minimum Gasteiger partial charge on any atom is -0.420 e. The third-order valence-corrected chi connectivity index (χ3v) is 5.48. The van der Waals surface area contributed by atoms with E-state index < -0.39 is 28.9 Å². The van der Waals surface area contributed by atoms with E-state index in [1.165, 1.54) is 31.8 Å². The Kier molecular flexibility index (Phi) is 8.72. The summed E-state index contributed by atoms with van der Waals surface area (Å²) in [5, 5.41) is 8.72. The molecule has 1 heterocycles. The molecule has 5 nitrogen and oxygen atoms in total. The molecule has 0 aromatic heterocycles. The highest BCUT2D eigenvalue weighted by Crippen LogP contribution is 2.26. The van der Waals surface area contributed by atoms with Gasteiger partial charge in [-0.25, -0.2) is 9.18 Å². The molecule has 2 atom stereocenters. The van der Waals surface area contributed by atoms with Crippen LogP contribution in [-0.4, -0.2) is 25.3 Å². The van der Waals surface area contributed by atoms with Crippen LogP contribution in [0.25, 0.3) is 0 Å². The summed E-state index contributed by atoms with van der Waals surface area (Å²) in [6, 6.07) is 10.2. The molecule has 1 saturated heterocycles. The first-order chi connectivity index (χ1) is 15.5. The van der Waals surface area contributed by atoms with Crippen molar-refractivity contribution in [1.29, 1.82) is 5.26 Å². The summed E-state index contributed by atoms with van der Waals surface area (Å²) < 4.78 is 44.5. The van der Waals surface area contributed by atoms with Crippen LogP contribution in [0.4, 0.5) is 8.78 Å². The number of benzene rings is 2. The quantitative estimate of drug-likeness (QED) is 0.275. The van der Waals surface area contributed by atoms with Crippen LogP contribution in [0, 0.1) is 23.0 Å². The number of hydrogen-bond acceptors (Lipinski definition) is 5. The second-order valence-corrected chi connectivity index (χ2v) is 7.84. The Hall–Kier alpha value is -2.82. The summed E-state index contributed by atoms with van der Waals surface area (Å²) in [5.74, 6) is -4.12. The van der Waals surface area contributed by atoms with Gasteiger partial charge in [-0.05, 0) is 36.2 Å². The minimum atomic E-state index is -1.37. The molecule has 0 bridgehead atoms. The molecule has 2 aromatic rings. The third kappa shape index (κ3) is 6.12. The summed E-state index contributed by atoms with van der Waals surface area (Å²) in [6.45, 7) is 3.18. The summed E-state index contributed by atoms with van der Waals surface area (Å²) in [4.78, 5) is 12.3. The normalized spacial score (nSPS) is 18.2. The van der Waals surface area contributed by atoms with Crippen molar-refractivity contribution in [3.63, 3.8) is 0 Å². The van der Waals surface area contributed by atoms with E-state index in [0.717, 1.165) is 30.5 Å². The van der Waals surface area contributed by atoms with E-state index in [-0.39, 0.29) is 17.8 Å². The smallest absolute Gasteiger partial charge is 0.343 e. The van der Waals surface area contributed by atoms with E-state index in [1.807, 2.05) is 0 Å². The van der Waals surface area contributed by atoms with Crippen molar-refractivity contribution in [3.05, 3.63) is 64.7 Å². The van der Waals surface area contributed by atoms with Gasteiger partial charge in [0.1, 0.15) is 12.2 Å². The molecule has 32 heavy (non-hydrogen) atoms. The van der Waals surface area contributed by atoms with E-state index in [2.05, 4.69) is 6.92 Å². The molecule has 0 aliphatic carbocycles. The molecule has 7 heteroatoms. The number of hydrogen-bond donors (Lipinski definition) is 0. The van der Waals surface area contributed by atoms with E-state index >= 15 is 0 Å². The molecule has 0 spiro atoms. The Morgan fingerprint density at radius 2 is 1.78 bits per heavy atom. The first kappa shape index (κ1) is 23.8. The van der Waals surface area contributed by atoms with Crippen molar-refractivity contribution in [1.82, 2.24) is 0 Å². The summed E-state index contributed by atoms with van der Waals surface area (Å²) in [7, 11) is 0. The lowest BCUT2D eigenvalue weighted by Crippen LogP contribution is -2.31. The lowest BCUT2D eigenvalue weighted by atomic mass is 10.0. The van der Waals surface area contributed by atoms with Crippen molar-refractivity contribution < 1.29 is 27.8 Å². The van der Waals surface area contributed by atoms with Gasteiger partial charge in [0.25, 0.3) is 0 Å². The van der Waals surface area contributed by atoms with Crippen LogP contribution in [0.1, 0.15) is 73.0 Å². The predicted molar refractivity (Wildman–Crippen MR) is 114 cm³/mol. The molecule has 2 unspecified atom stereocenters. The second kappa shape index (κ2) is 11.7. The average molecular weight is 443 g/mol. The van der Waals surface area contributed by atoms with Crippen molar-refractivity contribution >= 4 is 5.97 Å². The average Bonchev–Trinajstić information content (AvgIpc) is 2.82. The molecule has 170 valence electrons. The second-order valence-electron chi connectivity index (χ2n) is 7.84. The minimum absolute atomic E-state index is 0.116. The highest BCUT2D eigenvalue weighted by atomic mass is 19.2. The van der Waals surface area contributed by atoms with Gasteiger partial charge in [0.15, 0.2) is 11.6 Å². The predicted octanol–water partition coefficient (Wildman–Crippen LogP) is 5.87. The Bertz CT molecular complexity index is 948. The lowest BCUT2D eigenvalue weighted by Gasteiger charge is -2.30. The van der Waals surface area contributed by atoms with Crippen molar-refractivity contribution in [2.75, 3.05) is 13.2 Å². The van der Waals surface area contributed by atoms with Crippen LogP contribution in [0.15, 0.2) is 36.4 Å². The number of carbonyl (C=O) groups is 1. The maximum absolute atomic E-state index is 14.0. The van der Waals surface area contributed by atoms with Gasteiger partial charge in [-0.3, -0.25) is 0 Å². The first-order valence-electron chi connectivity index (χ1n) is 11.0. The molecular formula is C25H27F2NO4. The molecule has 3 rings (SSSR count). The molecule has 0 amide bonds. The highest BCUT2D eigenvalue weighted by Gasteiger charge is 2.24. The van der Waals surface area contributed by atoms with Crippen molar-refractivity contribution in [2.45, 2.75) is 57.7 Å². The topological polar surface area (TPSA) is 68.5 Å². The SMILES string of the molecule is CCCCCCCC1COC(c2ccc(C(=O)Oc3ccc(C#N)c(F)c3F)cc2)CO1. The molecule has 0 saturated carbocycles. The Labute approximate surface area is 186 Å². The zero-order valence-corrected chi connectivity index (χ0v) is 18.1. The maximum atomic E-state index is 14.0. The fourth-order valence-electron chi connectivity index (χ4n) is 3.57. The largest absolute Gasteiger partial charge is 0.420 e. The Morgan fingerprint density at radius 3 is 2.44 bits per heavy atom. The highest BCUT2D eigenvalue weighted by molar-refractivity contribution is 5.91. The Balaban J connectivity index is 1.51. The summed E-state index contributed by atoms with van der Waals surface area (Å²) in [5.41, 5.74) is 0.582. The molecule has 0 N–H and O–H groups in total. The van der Waals surface area contributed by atoms with E-state index in [4.69, 9.17) is 19.5 Å². The van der Waals surface area contributed by atoms with Gasteiger partial charge < -0.3 is 14.2 Å². The van der Waals surface area contributed by atoms with Gasteiger partial charge in [-0.1, -0.05) is 51.2 Å². The zero-order chi connectivity index (χ0) is 22.9. The van der Waals surface area contributed by atoms with Crippen LogP contribution in [0.3, 0.4) is 0 Å². The van der Waals surface area contributed by atoms with Gasteiger partial charge in [0.2, 0.25) is 5.82 Å². The number of ether oxygens (including phenoxy) is 3. The lowest BCUT2D eigenvalue weighted by molar-refractivity contribution is -0.137. The molecular weight excluding hydrogens is 416 g/mol. The van der Waals surface area contributed by atoms with Crippen molar-refractivity contribution in [3.8, 4) is 11.8 Å². The van der Waals surface area contributed by atoms with Gasteiger partial charge in [-0.15, -0.1) is 0 Å². The van der Waals surface area contributed by atoms with Crippen LogP contribution in [0.2, 0.25) is 0 Å². The first-order valence-corrected chi connectivity index (χ1v) is 11.0. The monoisotopic (exact) mass is 443 g/mol. The standard InChI is InChI=1S/C25H27F2NO4/c1-2-3-4-5-6-7-20-15-31-22(16-30-20)17-8-10-18(11-9-17)25(29)32-21-13-12-19(14-28)23(26)24(21)27/h8-13,20,22H,2-7,15-16H2,1H3. The number of rotatable bonds is 9. The van der Waals surface area contributed by atoms with Gasteiger partial charge in [0.05, 0.1) is 30.4 Å². The molecule has 1 fully saturated rings. The van der Waals surface area contributed by atoms with Gasteiger partial charge >= 0.3 is 5.97 Å². The molecule has 0 radical (unpaired) electrons.